The topological polar surface area (TPSA) is 66.0 Å². The summed E-state index contributed by atoms with van der Waals surface area (Å²) in [5, 5.41) is 8.57. The van der Waals surface area contributed by atoms with Crippen molar-refractivity contribution in [2.75, 3.05) is 0 Å². The molecule has 0 unspecified atom stereocenters. The maximum absolute atomic E-state index is 10.4. The number of hydrogen-bond acceptors (Lipinski definition) is 2. The highest BCUT2D eigenvalue weighted by atomic mass is 16.4. The zero-order valence-electron chi connectivity index (χ0n) is 9.86. The van der Waals surface area contributed by atoms with E-state index in [0.717, 1.165) is 23.3 Å². The molecule has 0 aliphatic heterocycles. The van der Waals surface area contributed by atoms with Gasteiger partial charge in [-0.3, -0.25) is 4.79 Å². The molecule has 2 N–H and O–H groups in total. The van der Waals surface area contributed by atoms with Crippen molar-refractivity contribution in [2.24, 2.45) is 0 Å². The second kappa shape index (κ2) is 4.99. The fourth-order valence-electron chi connectivity index (χ4n) is 1.85. The number of aromatic amines is 1. The number of nitrogens with zero attached hydrogens (tertiary/aromatic N) is 1. The molecule has 1 aromatic heterocycles. The number of fused-ring (bicyclic) bond motifs is 1. The first kappa shape index (κ1) is 11.6. The van der Waals surface area contributed by atoms with E-state index in [1.165, 1.54) is 5.56 Å². The number of hydrogen-bond donors (Lipinski definition) is 2. The van der Waals surface area contributed by atoms with Gasteiger partial charge < -0.3 is 10.1 Å². The average Bonchev–Trinajstić information content (AvgIpc) is 2.69. The predicted molar refractivity (Wildman–Crippen MR) is 66.0 cm³/mol. The molecule has 0 aliphatic carbocycles. The molecule has 2 rings (SSSR count). The third-order valence-corrected chi connectivity index (χ3v) is 2.81. The number of carboxylic acids is 1. The van der Waals surface area contributed by atoms with Gasteiger partial charge in [0.15, 0.2) is 0 Å². The van der Waals surface area contributed by atoms with Crippen molar-refractivity contribution < 1.29 is 9.90 Å². The Morgan fingerprint density at radius 2 is 2.29 bits per heavy atom. The quantitative estimate of drug-likeness (QED) is 0.832. The van der Waals surface area contributed by atoms with Crippen LogP contribution in [0.2, 0.25) is 0 Å². The third kappa shape index (κ3) is 2.84. The molecule has 0 fully saturated rings. The fraction of sp³-hybridized carbons (Fsp3) is 0.385. The number of benzene rings is 1. The molecule has 0 aliphatic rings. The summed E-state index contributed by atoms with van der Waals surface area (Å²) in [5.41, 5.74) is 3.26. The smallest absolute Gasteiger partial charge is 0.303 e. The molecule has 0 spiro atoms. The van der Waals surface area contributed by atoms with Crippen molar-refractivity contribution in [1.82, 2.24) is 9.97 Å². The molecule has 1 heterocycles. The second-order valence-corrected chi connectivity index (χ2v) is 4.14. The first-order chi connectivity index (χ1) is 8.19. The van der Waals surface area contributed by atoms with E-state index in [1.807, 2.05) is 6.07 Å². The van der Waals surface area contributed by atoms with Gasteiger partial charge in [0.1, 0.15) is 5.82 Å². The van der Waals surface area contributed by atoms with Gasteiger partial charge in [-0.1, -0.05) is 13.0 Å². The Balaban J connectivity index is 2.11. The average molecular weight is 232 g/mol. The summed E-state index contributed by atoms with van der Waals surface area (Å²) in [6.07, 6.45) is 2.50. The summed E-state index contributed by atoms with van der Waals surface area (Å²) in [5.74, 6) is 0.115. The minimum Gasteiger partial charge on any atom is -0.481 e. The lowest BCUT2D eigenvalue weighted by Crippen LogP contribution is -1.96. The van der Waals surface area contributed by atoms with E-state index in [2.05, 4.69) is 29.0 Å². The molecule has 0 amide bonds. The van der Waals surface area contributed by atoms with Crippen molar-refractivity contribution >= 4 is 17.0 Å². The Morgan fingerprint density at radius 3 is 3.00 bits per heavy atom. The van der Waals surface area contributed by atoms with Crippen molar-refractivity contribution in [2.45, 2.75) is 32.6 Å². The minimum atomic E-state index is -0.755. The second-order valence-electron chi connectivity index (χ2n) is 4.14. The Hall–Kier alpha value is -1.84. The molecule has 0 radical (unpaired) electrons. The maximum atomic E-state index is 10.4. The van der Waals surface area contributed by atoms with Gasteiger partial charge in [0.25, 0.3) is 0 Å². The third-order valence-electron chi connectivity index (χ3n) is 2.81. The predicted octanol–water partition coefficient (Wildman–Crippen LogP) is 2.53. The monoisotopic (exact) mass is 232 g/mol. The highest BCUT2D eigenvalue weighted by Crippen LogP contribution is 2.15. The van der Waals surface area contributed by atoms with Crippen LogP contribution in [0.15, 0.2) is 18.2 Å². The van der Waals surface area contributed by atoms with Crippen LogP contribution in [0, 0.1) is 0 Å². The normalized spacial score (nSPS) is 10.9. The number of rotatable bonds is 5. The fourth-order valence-corrected chi connectivity index (χ4v) is 1.85. The van der Waals surface area contributed by atoms with Gasteiger partial charge >= 0.3 is 5.97 Å². The van der Waals surface area contributed by atoms with Gasteiger partial charge in [0, 0.05) is 12.8 Å². The Kier molecular flexibility index (Phi) is 3.42. The lowest BCUT2D eigenvalue weighted by molar-refractivity contribution is -0.137. The van der Waals surface area contributed by atoms with Gasteiger partial charge in [-0.15, -0.1) is 0 Å². The largest absolute Gasteiger partial charge is 0.481 e. The molecule has 0 saturated carbocycles. The first-order valence-corrected chi connectivity index (χ1v) is 5.88. The number of aliphatic carboxylic acids is 1. The summed E-state index contributed by atoms with van der Waals surface area (Å²) in [6, 6.07) is 6.18. The number of carboxylic acid groups (broad SMARTS) is 1. The number of carbonyl (C=O) groups is 1. The first-order valence-electron chi connectivity index (χ1n) is 5.88. The molecule has 0 bridgehead atoms. The Labute approximate surface area is 99.7 Å². The van der Waals surface area contributed by atoms with Crippen molar-refractivity contribution in [3.63, 3.8) is 0 Å². The van der Waals surface area contributed by atoms with E-state index < -0.39 is 5.97 Å². The minimum absolute atomic E-state index is 0.192. The zero-order valence-corrected chi connectivity index (χ0v) is 9.86. The van der Waals surface area contributed by atoms with Gasteiger partial charge in [0.2, 0.25) is 0 Å². The van der Waals surface area contributed by atoms with Crippen molar-refractivity contribution in [3.8, 4) is 0 Å². The van der Waals surface area contributed by atoms with Crippen LogP contribution in [0.25, 0.3) is 11.0 Å². The van der Waals surface area contributed by atoms with Crippen LogP contribution < -0.4 is 0 Å². The molecular weight excluding hydrogens is 216 g/mol. The lowest BCUT2D eigenvalue weighted by Gasteiger charge is -1.94. The van der Waals surface area contributed by atoms with Crippen molar-refractivity contribution in [3.05, 3.63) is 29.6 Å². The van der Waals surface area contributed by atoms with Crippen LogP contribution in [-0.4, -0.2) is 21.0 Å². The van der Waals surface area contributed by atoms with Crippen molar-refractivity contribution in [1.29, 1.82) is 0 Å². The van der Waals surface area contributed by atoms with Gasteiger partial charge in [-0.25, -0.2) is 4.98 Å². The molecule has 0 saturated heterocycles. The number of aromatic nitrogens is 2. The summed E-state index contributed by atoms with van der Waals surface area (Å²) < 4.78 is 0. The molecule has 0 atom stereocenters. The maximum Gasteiger partial charge on any atom is 0.303 e. The highest BCUT2D eigenvalue weighted by Gasteiger charge is 2.04. The molecule has 1 aromatic carbocycles. The van der Waals surface area contributed by atoms with Crippen LogP contribution in [0.5, 0.6) is 0 Å². The van der Waals surface area contributed by atoms with Gasteiger partial charge in [-0.2, -0.15) is 0 Å². The van der Waals surface area contributed by atoms with E-state index in [4.69, 9.17) is 5.11 Å². The molecule has 17 heavy (non-hydrogen) atoms. The molecule has 4 nitrogen and oxygen atoms in total. The Morgan fingerprint density at radius 1 is 1.47 bits per heavy atom. The SMILES string of the molecule is CCc1ccc2nc(CCCC(=O)O)[nH]c2c1. The van der Waals surface area contributed by atoms with Crippen LogP contribution in [0.3, 0.4) is 0 Å². The number of aryl methyl sites for hydroxylation is 2. The number of imidazole rings is 1. The van der Waals surface area contributed by atoms with E-state index in [-0.39, 0.29) is 6.42 Å². The van der Waals surface area contributed by atoms with E-state index in [1.54, 1.807) is 0 Å². The van der Waals surface area contributed by atoms with E-state index in [0.29, 0.717) is 12.8 Å². The molecule has 2 aromatic rings. The highest BCUT2D eigenvalue weighted by molar-refractivity contribution is 5.75. The lowest BCUT2D eigenvalue weighted by atomic mass is 10.1. The summed E-state index contributed by atoms with van der Waals surface area (Å²) >= 11 is 0. The summed E-state index contributed by atoms with van der Waals surface area (Å²) in [4.78, 5) is 18.1. The Bertz CT molecular complexity index is 531. The zero-order chi connectivity index (χ0) is 12.3. The standard InChI is InChI=1S/C13H16N2O2/c1-2-9-6-7-10-11(8-9)15-12(14-10)4-3-5-13(16)17/h6-8H,2-5H2,1H3,(H,14,15)(H,16,17). The van der Waals surface area contributed by atoms with Gasteiger partial charge in [-0.05, 0) is 30.5 Å². The summed E-state index contributed by atoms with van der Waals surface area (Å²) in [7, 11) is 0. The van der Waals surface area contributed by atoms with Crippen LogP contribution in [0.1, 0.15) is 31.2 Å². The number of nitrogens with one attached hydrogen (secondary N) is 1. The van der Waals surface area contributed by atoms with Crippen LogP contribution in [-0.2, 0) is 17.6 Å². The van der Waals surface area contributed by atoms with Crippen LogP contribution >= 0.6 is 0 Å². The number of H-pyrrole nitrogens is 1. The van der Waals surface area contributed by atoms with Gasteiger partial charge in [0.05, 0.1) is 11.0 Å². The van der Waals surface area contributed by atoms with E-state index >= 15 is 0 Å². The van der Waals surface area contributed by atoms with E-state index in [9.17, 15) is 4.79 Å². The summed E-state index contributed by atoms with van der Waals surface area (Å²) in [6.45, 7) is 2.12. The molecule has 90 valence electrons. The van der Waals surface area contributed by atoms with Crippen LogP contribution in [0.4, 0.5) is 0 Å². The molecular formula is C13H16N2O2. The molecule has 4 heteroatoms.